The van der Waals surface area contributed by atoms with Crippen molar-refractivity contribution in [2.45, 2.75) is 80.6 Å². The molecule has 0 aromatic rings. The first kappa shape index (κ1) is 16.7. The molecule has 0 aliphatic rings. The van der Waals surface area contributed by atoms with Crippen LogP contribution in [0, 0.1) is 22.2 Å². The molecule has 1 heteroatoms. The van der Waals surface area contributed by atoms with Gasteiger partial charge in [0, 0.05) is 11.1 Å². The number of hydrogen-bond acceptors (Lipinski definition) is 1. The van der Waals surface area contributed by atoms with Crippen molar-refractivity contribution in [1.82, 2.24) is 0 Å². The second kappa shape index (κ2) is 6.56. The van der Waals surface area contributed by atoms with Crippen LogP contribution in [0.5, 0.6) is 0 Å². The van der Waals surface area contributed by atoms with Gasteiger partial charge in [0.2, 0.25) is 0 Å². The monoisotopic (exact) mass is 239 g/mol. The van der Waals surface area contributed by atoms with E-state index in [1.165, 1.54) is 12.8 Å². The first-order chi connectivity index (χ1) is 7.72. The smallest absolute Gasteiger partial charge is 0.0176 e. The van der Waals surface area contributed by atoms with Crippen molar-refractivity contribution in [3.05, 3.63) is 0 Å². The van der Waals surface area contributed by atoms with Gasteiger partial charge in [-0.15, -0.1) is 0 Å². The van der Waals surface area contributed by atoms with E-state index in [1.54, 1.807) is 0 Å². The molecule has 102 valence electrons. The van der Waals surface area contributed by atoms with E-state index in [0.717, 1.165) is 25.0 Å². The molecule has 0 amide bonds. The van der Waals surface area contributed by atoms with Crippen molar-refractivity contribution in [1.29, 1.82) is 5.41 Å². The SMILES string of the molecule is CCCC(C)(CC(C)(C)CC)C(=N)C(C)CC. The summed E-state index contributed by atoms with van der Waals surface area (Å²) in [6.07, 6.45) is 5.76. The predicted molar refractivity (Wildman–Crippen MR) is 78.9 cm³/mol. The van der Waals surface area contributed by atoms with E-state index in [2.05, 4.69) is 48.5 Å². The lowest BCUT2D eigenvalue weighted by Gasteiger charge is -2.39. The first-order valence-corrected chi connectivity index (χ1v) is 7.31. The number of hydrogen-bond donors (Lipinski definition) is 1. The minimum absolute atomic E-state index is 0.101. The maximum atomic E-state index is 8.51. The molecule has 2 unspecified atom stereocenters. The van der Waals surface area contributed by atoms with Crippen LogP contribution < -0.4 is 0 Å². The maximum Gasteiger partial charge on any atom is 0.0176 e. The molecule has 1 N–H and O–H groups in total. The van der Waals surface area contributed by atoms with Crippen LogP contribution in [0.4, 0.5) is 0 Å². The third kappa shape index (κ3) is 4.81. The van der Waals surface area contributed by atoms with Gasteiger partial charge in [-0.3, -0.25) is 0 Å². The van der Waals surface area contributed by atoms with Gasteiger partial charge in [0.1, 0.15) is 0 Å². The van der Waals surface area contributed by atoms with Crippen molar-refractivity contribution in [2.75, 3.05) is 0 Å². The molecule has 0 saturated heterocycles. The molecule has 0 aromatic heterocycles. The molecule has 2 atom stereocenters. The van der Waals surface area contributed by atoms with Crippen molar-refractivity contribution in [3.8, 4) is 0 Å². The number of rotatable bonds is 8. The summed E-state index contributed by atoms with van der Waals surface area (Å²) < 4.78 is 0. The molecule has 0 fully saturated rings. The van der Waals surface area contributed by atoms with Crippen LogP contribution in [0.3, 0.4) is 0 Å². The summed E-state index contributed by atoms with van der Waals surface area (Å²) >= 11 is 0. The van der Waals surface area contributed by atoms with Crippen molar-refractivity contribution < 1.29 is 0 Å². The molecule has 0 aromatic carbocycles. The highest BCUT2D eigenvalue weighted by atomic mass is 14.5. The van der Waals surface area contributed by atoms with Crippen LogP contribution in [-0.2, 0) is 0 Å². The standard InChI is InChI=1S/C16H33N/c1-8-11-16(7,12-15(5,6)10-3)14(17)13(4)9-2/h13,17H,8-12H2,1-7H3. The van der Waals surface area contributed by atoms with Gasteiger partial charge >= 0.3 is 0 Å². The molecule has 17 heavy (non-hydrogen) atoms. The molecule has 0 aliphatic carbocycles. The van der Waals surface area contributed by atoms with Crippen LogP contribution in [0.25, 0.3) is 0 Å². The Balaban J connectivity index is 4.96. The highest BCUT2D eigenvalue weighted by molar-refractivity contribution is 5.89. The Bertz CT molecular complexity index is 242. The van der Waals surface area contributed by atoms with Gasteiger partial charge in [0.25, 0.3) is 0 Å². The van der Waals surface area contributed by atoms with E-state index in [0.29, 0.717) is 11.3 Å². The van der Waals surface area contributed by atoms with Crippen LogP contribution in [0.2, 0.25) is 0 Å². The zero-order valence-corrected chi connectivity index (χ0v) is 13.1. The zero-order chi connectivity index (χ0) is 13.7. The Hall–Kier alpha value is -0.330. The molecule has 0 rings (SSSR count). The summed E-state index contributed by atoms with van der Waals surface area (Å²) in [5.74, 6) is 0.430. The lowest BCUT2D eigenvalue weighted by molar-refractivity contribution is 0.212. The average molecular weight is 239 g/mol. The average Bonchev–Trinajstić information content (AvgIpc) is 2.26. The molecular weight excluding hydrogens is 206 g/mol. The summed E-state index contributed by atoms with van der Waals surface area (Å²) in [6, 6.07) is 0. The van der Waals surface area contributed by atoms with E-state index in [1.807, 2.05) is 0 Å². The Morgan fingerprint density at radius 1 is 1.12 bits per heavy atom. The van der Waals surface area contributed by atoms with Gasteiger partial charge in [-0.25, -0.2) is 0 Å². The molecule has 0 saturated carbocycles. The van der Waals surface area contributed by atoms with Crippen molar-refractivity contribution in [3.63, 3.8) is 0 Å². The summed E-state index contributed by atoms with van der Waals surface area (Å²) in [5, 5.41) is 8.51. The third-order valence-corrected chi connectivity index (χ3v) is 4.38. The summed E-state index contributed by atoms with van der Waals surface area (Å²) in [4.78, 5) is 0. The Morgan fingerprint density at radius 3 is 2.00 bits per heavy atom. The quantitative estimate of drug-likeness (QED) is 0.526. The second-order valence-electron chi connectivity index (χ2n) is 6.73. The van der Waals surface area contributed by atoms with Gasteiger partial charge in [0.15, 0.2) is 0 Å². The largest absolute Gasteiger partial charge is 0.309 e. The third-order valence-electron chi connectivity index (χ3n) is 4.38. The Labute approximate surface area is 109 Å². The minimum Gasteiger partial charge on any atom is -0.309 e. The van der Waals surface area contributed by atoms with Gasteiger partial charge in [-0.1, -0.05) is 61.3 Å². The van der Waals surface area contributed by atoms with E-state index >= 15 is 0 Å². The fourth-order valence-electron chi connectivity index (χ4n) is 2.85. The maximum absolute atomic E-state index is 8.51. The number of nitrogens with one attached hydrogen (secondary N) is 1. The van der Waals surface area contributed by atoms with E-state index in [9.17, 15) is 0 Å². The Kier molecular flexibility index (Phi) is 6.43. The molecule has 0 heterocycles. The molecule has 0 bridgehead atoms. The lowest BCUT2D eigenvalue weighted by Crippen LogP contribution is -2.36. The van der Waals surface area contributed by atoms with Gasteiger partial charge in [-0.2, -0.15) is 0 Å². The molecular formula is C16H33N. The summed E-state index contributed by atoms with van der Waals surface area (Å²) in [5.41, 5.74) is 1.43. The fourth-order valence-corrected chi connectivity index (χ4v) is 2.85. The molecule has 1 nitrogen and oxygen atoms in total. The van der Waals surface area contributed by atoms with Gasteiger partial charge in [0.05, 0.1) is 0 Å². The Morgan fingerprint density at radius 2 is 1.65 bits per heavy atom. The van der Waals surface area contributed by atoms with Crippen LogP contribution in [0.1, 0.15) is 80.6 Å². The van der Waals surface area contributed by atoms with E-state index in [4.69, 9.17) is 5.41 Å². The molecule has 0 aliphatic heterocycles. The van der Waals surface area contributed by atoms with Gasteiger partial charge < -0.3 is 5.41 Å². The zero-order valence-electron chi connectivity index (χ0n) is 13.1. The van der Waals surface area contributed by atoms with Crippen molar-refractivity contribution in [2.24, 2.45) is 16.7 Å². The van der Waals surface area contributed by atoms with E-state index in [-0.39, 0.29) is 5.41 Å². The minimum atomic E-state index is 0.101. The van der Waals surface area contributed by atoms with Gasteiger partial charge in [-0.05, 0) is 30.6 Å². The predicted octanol–water partition coefficient (Wildman–Crippen LogP) is 5.68. The van der Waals surface area contributed by atoms with Crippen LogP contribution in [0.15, 0.2) is 0 Å². The van der Waals surface area contributed by atoms with E-state index < -0.39 is 0 Å². The summed E-state index contributed by atoms with van der Waals surface area (Å²) in [6.45, 7) is 15.9. The molecule has 0 radical (unpaired) electrons. The summed E-state index contributed by atoms with van der Waals surface area (Å²) in [7, 11) is 0. The lowest BCUT2D eigenvalue weighted by atomic mass is 9.65. The molecule has 0 spiro atoms. The van der Waals surface area contributed by atoms with Crippen LogP contribution >= 0.6 is 0 Å². The second-order valence-corrected chi connectivity index (χ2v) is 6.73. The van der Waals surface area contributed by atoms with Crippen molar-refractivity contribution >= 4 is 5.71 Å². The highest BCUT2D eigenvalue weighted by Gasteiger charge is 2.36. The highest BCUT2D eigenvalue weighted by Crippen LogP contribution is 2.41. The topological polar surface area (TPSA) is 23.9 Å². The fraction of sp³-hybridized carbons (Fsp3) is 0.938. The normalized spacial score (nSPS) is 17.6. The first-order valence-electron chi connectivity index (χ1n) is 7.31. The van der Waals surface area contributed by atoms with Crippen LogP contribution in [-0.4, -0.2) is 5.71 Å².